The van der Waals surface area contributed by atoms with E-state index in [1.165, 1.54) is 9.96 Å². The molecule has 0 amide bonds. The molecule has 0 atom stereocenters. The Labute approximate surface area is 317 Å². The van der Waals surface area contributed by atoms with Gasteiger partial charge in [0.2, 0.25) is 0 Å². The fourth-order valence-electron chi connectivity index (χ4n) is 5.81. The van der Waals surface area contributed by atoms with E-state index in [1.807, 2.05) is 62.5 Å². The van der Waals surface area contributed by atoms with Crippen LogP contribution in [0, 0.1) is 18.1 Å². The largest absolute Gasteiger partial charge is 0 e. The first-order valence-corrected chi connectivity index (χ1v) is 24.4. The number of aromatic nitrogens is 2. The van der Waals surface area contributed by atoms with Crippen molar-refractivity contribution in [3.63, 3.8) is 0 Å². The van der Waals surface area contributed by atoms with E-state index in [0.29, 0.717) is 11.3 Å². The van der Waals surface area contributed by atoms with E-state index in [1.54, 1.807) is 12.3 Å². The van der Waals surface area contributed by atoms with Crippen molar-refractivity contribution in [3.05, 3.63) is 139 Å². The van der Waals surface area contributed by atoms with Crippen LogP contribution in [0.5, 0.6) is 0 Å². The molecule has 0 unspecified atom stereocenters. The fraction of sp³-hybridized carbons (Fsp3) is 0.244. The normalized spacial score (nSPS) is 12.6. The van der Waals surface area contributed by atoms with Crippen LogP contribution >= 0.6 is 0 Å². The van der Waals surface area contributed by atoms with Gasteiger partial charge >= 0.3 is 99.8 Å². The minimum Gasteiger partial charge on any atom is 0 e. The molecule has 0 aliphatic heterocycles. The smallest absolute Gasteiger partial charge is 0 e. The van der Waals surface area contributed by atoms with Crippen molar-refractivity contribution < 1.29 is 27.3 Å². The molecule has 0 aliphatic carbocycles. The Kier molecular flexibility index (Phi) is 10.8. The third kappa shape index (κ3) is 8.72. The Morgan fingerprint density at radius 3 is 2.18 bits per heavy atom. The van der Waals surface area contributed by atoms with Crippen molar-refractivity contribution in [1.82, 2.24) is 9.97 Å². The molecular formula is C45H46GeIrN2O-2. The number of furan rings is 1. The van der Waals surface area contributed by atoms with Crippen molar-refractivity contribution in [2.45, 2.75) is 63.7 Å². The van der Waals surface area contributed by atoms with Crippen molar-refractivity contribution in [2.24, 2.45) is 5.92 Å². The summed E-state index contributed by atoms with van der Waals surface area (Å²) in [6.45, 7) is 10.4. The third-order valence-corrected chi connectivity index (χ3v) is 12.9. The molecule has 0 spiro atoms. The summed E-state index contributed by atoms with van der Waals surface area (Å²) in [5.41, 5.74) is 9.31. The monoisotopic (exact) mass is 899 g/mol. The van der Waals surface area contributed by atoms with E-state index in [2.05, 4.69) is 115 Å². The van der Waals surface area contributed by atoms with Gasteiger partial charge in [0, 0.05) is 34.4 Å². The van der Waals surface area contributed by atoms with E-state index in [9.17, 15) is 0 Å². The van der Waals surface area contributed by atoms with E-state index >= 15 is 0 Å². The predicted octanol–water partition coefficient (Wildman–Crippen LogP) is 11.7. The summed E-state index contributed by atoms with van der Waals surface area (Å²) in [5, 5.41) is 2.04. The zero-order valence-corrected chi connectivity index (χ0v) is 34.7. The molecule has 0 saturated carbocycles. The molecule has 3 heterocycles. The number of rotatable bonds is 6. The second kappa shape index (κ2) is 15.6. The first kappa shape index (κ1) is 34.6. The molecule has 0 N–H and O–H groups in total. The van der Waals surface area contributed by atoms with Crippen LogP contribution in [0.25, 0.3) is 55.6 Å². The van der Waals surface area contributed by atoms with Gasteiger partial charge in [-0.15, -0.1) is 18.2 Å². The maximum absolute atomic E-state index is 8.49. The van der Waals surface area contributed by atoms with E-state index < -0.39 is 19.6 Å². The first-order valence-electron chi connectivity index (χ1n) is 18.0. The van der Waals surface area contributed by atoms with Crippen LogP contribution in [0.15, 0.2) is 120 Å². The molecule has 5 heteroatoms. The van der Waals surface area contributed by atoms with E-state index in [4.69, 9.17) is 7.16 Å². The van der Waals surface area contributed by atoms with Gasteiger partial charge in [-0.3, -0.25) is 0 Å². The van der Waals surface area contributed by atoms with Crippen molar-refractivity contribution >= 4 is 39.6 Å². The summed E-state index contributed by atoms with van der Waals surface area (Å²) in [6, 6.07) is 41.3. The summed E-state index contributed by atoms with van der Waals surface area (Å²) in [6.07, 6.45) is 2.26. The molecule has 0 aliphatic rings. The minimum atomic E-state index is -1.72. The van der Waals surface area contributed by atoms with Gasteiger partial charge in [0.15, 0.2) is 0 Å². The average molecular weight is 898 g/mol. The maximum Gasteiger partial charge on any atom is 0 e. The standard InChI is InChI=1S/C31H30NO.C14H16GeN.Ir/c1-20(2)17-21-15-16-32-28(18-21)27-8-6-7-26-25-14-11-23(19-29(25)33-30(26)27)22-9-12-24(13-10-22)31(3,4)5;1-15(2,3)13-9-10-14(16-11-13)12-7-5-4-6-8-12;/h6-7,9-16,18-20H,17H2,1-5H3;4-7,9-11H,1-3H3;/q2*-1;/i17D2;;. The van der Waals surface area contributed by atoms with Gasteiger partial charge < -0.3 is 9.40 Å². The predicted molar refractivity (Wildman–Crippen MR) is 210 cm³/mol. The zero-order valence-electron chi connectivity index (χ0n) is 32.2. The molecule has 7 aromatic rings. The number of pyridine rings is 2. The Bertz CT molecular complexity index is 2270. The Morgan fingerprint density at radius 2 is 1.54 bits per heavy atom. The number of hydrogen-bond acceptors (Lipinski definition) is 3. The van der Waals surface area contributed by atoms with Gasteiger partial charge in [-0.2, -0.15) is 0 Å². The summed E-state index contributed by atoms with van der Waals surface area (Å²) in [4.78, 5) is 9.07. The molecule has 1 radical (unpaired) electrons. The van der Waals surface area contributed by atoms with Crippen molar-refractivity contribution in [2.75, 3.05) is 0 Å². The summed E-state index contributed by atoms with van der Waals surface area (Å²) < 4.78 is 24.8. The van der Waals surface area contributed by atoms with Gasteiger partial charge in [-0.1, -0.05) is 93.6 Å². The molecule has 7 rings (SSSR count). The summed E-state index contributed by atoms with van der Waals surface area (Å²) >= 11 is -1.72. The maximum atomic E-state index is 8.49. The quantitative estimate of drug-likeness (QED) is 0.123. The van der Waals surface area contributed by atoms with E-state index in [0.717, 1.165) is 49.9 Å². The molecule has 0 bridgehead atoms. The van der Waals surface area contributed by atoms with Gasteiger partial charge in [-0.25, -0.2) is 0 Å². The second-order valence-electron chi connectivity index (χ2n) is 14.9. The van der Waals surface area contributed by atoms with Gasteiger partial charge in [0.25, 0.3) is 0 Å². The molecule has 50 heavy (non-hydrogen) atoms. The molecule has 0 fully saturated rings. The molecule has 0 saturated heterocycles. The minimum absolute atomic E-state index is 0. The first-order chi connectivity index (χ1) is 24.1. The topological polar surface area (TPSA) is 38.9 Å². The van der Waals surface area contributed by atoms with Crippen LogP contribution in [-0.4, -0.2) is 23.2 Å². The Morgan fingerprint density at radius 1 is 0.780 bits per heavy atom. The second-order valence-corrected chi connectivity index (χ2v) is 25.6. The Balaban J connectivity index is 0.000000258. The zero-order chi connectivity index (χ0) is 36.6. The summed E-state index contributed by atoms with van der Waals surface area (Å²) in [5.74, 6) is 6.99. The van der Waals surface area contributed by atoms with Crippen LogP contribution in [0.3, 0.4) is 0 Å². The van der Waals surface area contributed by atoms with Crippen LogP contribution in [-0.2, 0) is 31.9 Å². The van der Waals surface area contributed by atoms with Crippen LogP contribution in [0.4, 0.5) is 0 Å². The average Bonchev–Trinajstić information content (AvgIpc) is 3.50. The number of nitrogens with zero attached hydrogens (tertiary/aromatic N) is 2. The van der Waals surface area contributed by atoms with Gasteiger partial charge in [0.1, 0.15) is 5.58 Å². The molecule has 257 valence electrons. The van der Waals surface area contributed by atoms with Crippen LogP contribution in [0.2, 0.25) is 17.3 Å². The Hall–Kier alpha value is -3.83. The van der Waals surface area contributed by atoms with Crippen LogP contribution < -0.4 is 4.40 Å². The van der Waals surface area contributed by atoms with E-state index in [-0.39, 0.29) is 31.4 Å². The molecule has 4 aromatic carbocycles. The number of fused-ring (bicyclic) bond motifs is 3. The molecule has 3 nitrogen and oxygen atoms in total. The van der Waals surface area contributed by atoms with Crippen molar-refractivity contribution in [1.29, 1.82) is 0 Å². The SMILES string of the molecule is [2H]C([2H])(c1ccnc(-c2[c-]ccc3c2oc2cc(-c4ccc(C(C)(C)C)cc4)ccc23)c1)C(C)C.[CH3][Ge]([CH3])([CH3])[c]1ccc(-c2[c-]cccc2)nc1.[Ir]. The number of benzene rings is 4. The fourth-order valence-corrected chi connectivity index (χ4v) is 7.99. The van der Waals surface area contributed by atoms with Gasteiger partial charge in [-0.05, 0) is 52.2 Å². The number of hydrogen-bond donors (Lipinski definition) is 0. The third-order valence-electron chi connectivity index (χ3n) is 8.60. The molecular weight excluding hydrogens is 849 g/mol. The van der Waals surface area contributed by atoms with Gasteiger partial charge in [0.05, 0.1) is 5.58 Å². The molecule has 3 aromatic heterocycles. The van der Waals surface area contributed by atoms with Crippen LogP contribution in [0.1, 0.15) is 48.5 Å². The summed E-state index contributed by atoms with van der Waals surface area (Å²) in [7, 11) is 0. The van der Waals surface area contributed by atoms with Crippen molar-refractivity contribution in [3.8, 4) is 33.6 Å².